The maximum atomic E-state index is 5.93. The number of methoxy groups -OCH3 is 1. The molecule has 15 heavy (non-hydrogen) atoms. The summed E-state index contributed by atoms with van der Waals surface area (Å²) in [6, 6.07) is 7.48. The molecule has 1 rings (SSSR count). The van der Waals surface area contributed by atoms with Gasteiger partial charge in [0.25, 0.3) is 0 Å². The number of hydrogen-bond acceptors (Lipinski definition) is 3. The molecule has 0 saturated heterocycles. The molecule has 1 aromatic carbocycles. The van der Waals surface area contributed by atoms with Gasteiger partial charge in [-0.2, -0.15) is 0 Å². The van der Waals surface area contributed by atoms with Gasteiger partial charge in [0.1, 0.15) is 0 Å². The molecule has 4 heteroatoms. The van der Waals surface area contributed by atoms with E-state index in [0.29, 0.717) is 5.02 Å². The van der Waals surface area contributed by atoms with Gasteiger partial charge < -0.3 is 4.74 Å². The summed E-state index contributed by atoms with van der Waals surface area (Å²) in [6.07, 6.45) is 0. The SMILES string of the molecule is COC(C)(C)C(NN)c1cccc(Cl)c1. The Kier molecular flexibility index (Phi) is 4.11. The number of hydrogen-bond donors (Lipinski definition) is 2. The molecule has 1 atom stereocenters. The molecule has 0 aliphatic carbocycles. The molecule has 1 aromatic rings. The van der Waals surface area contributed by atoms with Crippen molar-refractivity contribution in [3.05, 3.63) is 34.9 Å². The third-order valence-corrected chi connectivity index (χ3v) is 2.81. The minimum atomic E-state index is -0.389. The van der Waals surface area contributed by atoms with Gasteiger partial charge >= 0.3 is 0 Å². The third-order valence-electron chi connectivity index (χ3n) is 2.57. The van der Waals surface area contributed by atoms with E-state index in [9.17, 15) is 0 Å². The predicted octanol–water partition coefficient (Wildman–Crippen LogP) is 2.27. The fraction of sp³-hybridized carbons (Fsp3) is 0.455. The molecule has 1 unspecified atom stereocenters. The Labute approximate surface area is 95.5 Å². The molecule has 0 amide bonds. The topological polar surface area (TPSA) is 47.3 Å². The van der Waals surface area contributed by atoms with Crippen molar-refractivity contribution in [2.75, 3.05) is 7.11 Å². The molecule has 0 heterocycles. The normalized spacial score (nSPS) is 13.9. The van der Waals surface area contributed by atoms with Gasteiger partial charge in [0, 0.05) is 12.1 Å². The van der Waals surface area contributed by atoms with E-state index < -0.39 is 0 Å². The van der Waals surface area contributed by atoms with Crippen molar-refractivity contribution in [1.82, 2.24) is 5.43 Å². The van der Waals surface area contributed by atoms with E-state index >= 15 is 0 Å². The average molecular weight is 229 g/mol. The van der Waals surface area contributed by atoms with Gasteiger partial charge in [-0.15, -0.1) is 0 Å². The number of hydrazine groups is 1. The smallest absolute Gasteiger partial charge is 0.0829 e. The minimum Gasteiger partial charge on any atom is -0.377 e. The Bertz CT molecular complexity index is 328. The van der Waals surface area contributed by atoms with Crippen LogP contribution in [0.2, 0.25) is 5.02 Å². The number of nitrogens with two attached hydrogens (primary N) is 1. The van der Waals surface area contributed by atoms with E-state index in [0.717, 1.165) is 5.56 Å². The van der Waals surface area contributed by atoms with Crippen molar-refractivity contribution in [3.8, 4) is 0 Å². The molecule has 0 spiro atoms. The highest BCUT2D eigenvalue weighted by molar-refractivity contribution is 6.30. The lowest BCUT2D eigenvalue weighted by Gasteiger charge is -2.32. The number of rotatable bonds is 4. The van der Waals surface area contributed by atoms with Gasteiger partial charge in [-0.1, -0.05) is 23.7 Å². The monoisotopic (exact) mass is 228 g/mol. The van der Waals surface area contributed by atoms with E-state index in [1.807, 2.05) is 38.1 Å². The summed E-state index contributed by atoms with van der Waals surface area (Å²) in [4.78, 5) is 0. The zero-order chi connectivity index (χ0) is 11.5. The van der Waals surface area contributed by atoms with Crippen LogP contribution in [0.3, 0.4) is 0 Å². The molecule has 0 aliphatic rings. The number of nitrogens with one attached hydrogen (secondary N) is 1. The van der Waals surface area contributed by atoms with Crippen LogP contribution in [0, 0.1) is 0 Å². The van der Waals surface area contributed by atoms with E-state index in [2.05, 4.69) is 5.43 Å². The highest BCUT2D eigenvalue weighted by Gasteiger charge is 2.29. The predicted molar refractivity (Wildman–Crippen MR) is 62.6 cm³/mol. The second-order valence-corrected chi connectivity index (χ2v) is 4.40. The Morgan fingerprint density at radius 1 is 1.47 bits per heavy atom. The molecule has 0 radical (unpaired) electrons. The fourth-order valence-electron chi connectivity index (χ4n) is 1.50. The second-order valence-electron chi connectivity index (χ2n) is 3.96. The Hall–Kier alpha value is -0.610. The summed E-state index contributed by atoms with van der Waals surface area (Å²) in [5.74, 6) is 5.54. The third kappa shape index (κ3) is 2.92. The summed E-state index contributed by atoms with van der Waals surface area (Å²) in [5, 5.41) is 0.694. The first kappa shape index (κ1) is 12.5. The second kappa shape index (κ2) is 4.94. The summed E-state index contributed by atoms with van der Waals surface area (Å²) in [6.45, 7) is 3.94. The highest BCUT2D eigenvalue weighted by atomic mass is 35.5. The van der Waals surface area contributed by atoms with Crippen LogP contribution in [-0.2, 0) is 4.74 Å². The minimum absolute atomic E-state index is 0.0961. The maximum Gasteiger partial charge on any atom is 0.0829 e. The lowest BCUT2D eigenvalue weighted by molar-refractivity contribution is -0.0111. The van der Waals surface area contributed by atoms with Crippen LogP contribution in [0.1, 0.15) is 25.5 Å². The number of ether oxygens (including phenoxy) is 1. The van der Waals surface area contributed by atoms with Gasteiger partial charge in [-0.05, 0) is 31.5 Å². The molecular weight excluding hydrogens is 212 g/mol. The van der Waals surface area contributed by atoms with Crippen LogP contribution in [0.5, 0.6) is 0 Å². The Morgan fingerprint density at radius 3 is 2.60 bits per heavy atom. The molecule has 84 valence electrons. The van der Waals surface area contributed by atoms with Crippen molar-refractivity contribution in [3.63, 3.8) is 0 Å². The van der Waals surface area contributed by atoms with Crippen molar-refractivity contribution in [1.29, 1.82) is 0 Å². The Morgan fingerprint density at radius 2 is 2.13 bits per heavy atom. The first-order chi connectivity index (χ1) is 7.01. The fourth-order valence-corrected chi connectivity index (χ4v) is 1.70. The zero-order valence-electron chi connectivity index (χ0n) is 9.25. The van der Waals surface area contributed by atoms with Gasteiger partial charge in [-0.25, -0.2) is 0 Å². The van der Waals surface area contributed by atoms with Crippen LogP contribution in [0.25, 0.3) is 0 Å². The van der Waals surface area contributed by atoms with E-state index in [-0.39, 0.29) is 11.6 Å². The highest BCUT2D eigenvalue weighted by Crippen LogP contribution is 2.28. The summed E-state index contributed by atoms with van der Waals surface area (Å²) in [5.41, 5.74) is 3.37. The lowest BCUT2D eigenvalue weighted by atomic mass is 9.92. The molecular formula is C11H17ClN2O. The average Bonchev–Trinajstić information content (AvgIpc) is 2.18. The molecule has 0 aliphatic heterocycles. The van der Waals surface area contributed by atoms with E-state index in [1.54, 1.807) is 7.11 Å². The first-order valence-electron chi connectivity index (χ1n) is 4.78. The molecule has 0 fully saturated rings. The molecule has 3 nitrogen and oxygen atoms in total. The van der Waals surface area contributed by atoms with Crippen LogP contribution in [-0.4, -0.2) is 12.7 Å². The summed E-state index contributed by atoms with van der Waals surface area (Å²) in [7, 11) is 1.66. The van der Waals surface area contributed by atoms with Crippen molar-refractivity contribution >= 4 is 11.6 Å². The molecule has 0 bridgehead atoms. The van der Waals surface area contributed by atoms with Crippen molar-refractivity contribution < 1.29 is 4.74 Å². The standard InChI is InChI=1S/C11H17ClN2O/c1-11(2,15-3)10(14-13)8-5-4-6-9(12)7-8/h4-7,10,14H,13H2,1-3H3. The van der Waals surface area contributed by atoms with Crippen LogP contribution < -0.4 is 11.3 Å². The lowest BCUT2D eigenvalue weighted by Crippen LogP contribution is -2.43. The van der Waals surface area contributed by atoms with Crippen LogP contribution >= 0.6 is 11.6 Å². The van der Waals surface area contributed by atoms with Crippen LogP contribution in [0.15, 0.2) is 24.3 Å². The molecule has 0 aromatic heterocycles. The molecule has 3 N–H and O–H groups in total. The number of benzene rings is 1. The largest absolute Gasteiger partial charge is 0.377 e. The van der Waals surface area contributed by atoms with Crippen LogP contribution in [0.4, 0.5) is 0 Å². The van der Waals surface area contributed by atoms with E-state index in [1.165, 1.54) is 0 Å². The van der Waals surface area contributed by atoms with Gasteiger partial charge in [0.2, 0.25) is 0 Å². The zero-order valence-corrected chi connectivity index (χ0v) is 10.0. The maximum absolute atomic E-state index is 5.93. The van der Waals surface area contributed by atoms with Crippen molar-refractivity contribution in [2.45, 2.75) is 25.5 Å². The van der Waals surface area contributed by atoms with Crippen molar-refractivity contribution in [2.24, 2.45) is 5.84 Å². The first-order valence-corrected chi connectivity index (χ1v) is 5.16. The van der Waals surface area contributed by atoms with Gasteiger partial charge in [0.05, 0.1) is 11.6 Å². The van der Waals surface area contributed by atoms with E-state index in [4.69, 9.17) is 22.2 Å². The van der Waals surface area contributed by atoms with Gasteiger partial charge in [0.15, 0.2) is 0 Å². The number of halogens is 1. The van der Waals surface area contributed by atoms with Gasteiger partial charge in [-0.3, -0.25) is 11.3 Å². The summed E-state index contributed by atoms with van der Waals surface area (Å²) < 4.78 is 5.40. The molecule has 0 saturated carbocycles. The quantitative estimate of drug-likeness (QED) is 0.614. The Balaban J connectivity index is 3.02. The summed E-state index contributed by atoms with van der Waals surface area (Å²) >= 11 is 5.93.